The van der Waals surface area contributed by atoms with E-state index in [0.717, 1.165) is 6.20 Å². The molecule has 0 saturated heterocycles. The number of aryl methyl sites for hydroxylation is 1. The maximum absolute atomic E-state index is 13.7. The Kier molecular flexibility index (Phi) is 3.25. The molecular weight excluding hydrogens is 253 g/mol. The van der Waals surface area contributed by atoms with Crippen molar-refractivity contribution in [3.63, 3.8) is 0 Å². The molecule has 2 rings (SSSR count). The fourth-order valence-electron chi connectivity index (χ4n) is 1.89. The molecule has 1 heterocycles. The van der Waals surface area contributed by atoms with Crippen LogP contribution in [0.15, 0.2) is 23.1 Å². The Balaban J connectivity index is 2.82. The average molecular weight is 265 g/mol. The molecule has 0 amide bonds. The molecule has 100 valence electrons. The summed E-state index contributed by atoms with van der Waals surface area (Å²) in [5, 5.41) is 9.63. The van der Waals surface area contributed by atoms with Crippen molar-refractivity contribution in [2.24, 2.45) is 0 Å². The molecule has 0 fully saturated rings. The molecule has 0 bridgehead atoms. The molecule has 0 radical (unpaired) electrons. The lowest BCUT2D eigenvalue weighted by atomic mass is 10.1. The van der Waals surface area contributed by atoms with Gasteiger partial charge in [-0.2, -0.15) is 4.73 Å². The van der Waals surface area contributed by atoms with Crippen molar-refractivity contribution in [2.45, 2.75) is 13.8 Å². The summed E-state index contributed by atoms with van der Waals surface area (Å²) in [6, 6.07) is 2.61. The van der Waals surface area contributed by atoms with Gasteiger partial charge in [-0.05, 0) is 31.5 Å². The zero-order valence-corrected chi connectivity index (χ0v) is 10.4. The van der Waals surface area contributed by atoms with Crippen LogP contribution in [-0.4, -0.2) is 22.5 Å². The van der Waals surface area contributed by atoms with Gasteiger partial charge in [0, 0.05) is 0 Å². The lowest BCUT2D eigenvalue weighted by Gasteiger charge is -2.08. The quantitative estimate of drug-likeness (QED) is 0.664. The van der Waals surface area contributed by atoms with Crippen molar-refractivity contribution in [2.75, 3.05) is 6.61 Å². The van der Waals surface area contributed by atoms with E-state index < -0.39 is 17.2 Å². The molecule has 1 aromatic carbocycles. The number of hydrogen-bond donors (Lipinski definition) is 1. The van der Waals surface area contributed by atoms with E-state index in [1.54, 1.807) is 13.8 Å². The van der Waals surface area contributed by atoms with Gasteiger partial charge in [-0.15, -0.1) is 0 Å². The Morgan fingerprint density at radius 1 is 1.47 bits per heavy atom. The van der Waals surface area contributed by atoms with Gasteiger partial charge in [0.15, 0.2) is 5.82 Å². The van der Waals surface area contributed by atoms with E-state index in [2.05, 4.69) is 0 Å². The number of esters is 1. The third-order valence-electron chi connectivity index (χ3n) is 2.67. The third kappa shape index (κ3) is 2.16. The minimum Gasteiger partial charge on any atom is -0.462 e. The predicted molar refractivity (Wildman–Crippen MR) is 66.0 cm³/mol. The molecule has 0 unspecified atom stereocenters. The average Bonchev–Trinajstić information content (AvgIpc) is 2.33. The van der Waals surface area contributed by atoms with Crippen LogP contribution in [0.25, 0.3) is 10.9 Å². The first-order valence-electron chi connectivity index (χ1n) is 5.67. The second-order valence-corrected chi connectivity index (χ2v) is 4.08. The second kappa shape index (κ2) is 4.72. The first-order chi connectivity index (χ1) is 8.95. The summed E-state index contributed by atoms with van der Waals surface area (Å²) in [6.07, 6.45) is 0.862. The number of ether oxygens (including phenoxy) is 1. The fraction of sp³-hybridized carbons (Fsp3) is 0.231. The summed E-state index contributed by atoms with van der Waals surface area (Å²) in [4.78, 5) is 23.7. The number of rotatable bonds is 2. The number of carbonyl (C=O) groups is 1. The SMILES string of the molecule is CCOC(=O)c1cn(O)c2c(F)cc(C)cc2c1=O. The topological polar surface area (TPSA) is 68.5 Å². The molecule has 5 nitrogen and oxygen atoms in total. The number of carbonyl (C=O) groups excluding carboxylic acids is 1. The van der Waals surface area contributed by atoms with Crippen LogP contribution in [0.3, 0.4) is 0 Å². The van der Waals surface area contributed by atoms with E-state index in [1.807, 2.05) is 0 Å². The molecule has 1 aromatic heterocycles. The highest BCUT2D eigenvalue weighted by molar-refractivity contribution is 5.93. The molecule has 0 saturated carbocycles. The van der Waals surface area contributed by atoms with Crippen molar-refractivity contribution < 1.29 is 19.1 Å². The van der Waals surface area contributed by atoms with Crippen molar-refractivity contribution in [3.05, 3.63) is 45.5 Å². The lowest BCUT2D eigenvalue weighted by Crippen LogP contribution is -2.21. The zero-order valence-electron chi connectivity index (χ0n) is 10.4. The summed E-state index contributed by atoms with van der Waals surface area (Å²) in [6.45, 7) is 3.31. The molecule has 0 atom stereocenters. The summed E-state index contributed by atoms with van der Waals surface area (Å²) in [5.41, 5.74) is -0.741. The van der Waals surface area contributed by atoms with Gasteiger partial charge in [-0.3, -0.25) is 4.79 Å². The van der Waals surface area contributed by atoms with Gasteiger partial charge >= 0.3 is 5.97 Å². The first kappa shape index (κ1) is 13.1. The minimum atomic E-state index is -0.848. The second-order valence-electron chi connectivity index (χ2n) is 4.08. The largest absolute Gasteiger partial charge is 0.462 e. The van der Waals surface area contributed by atoms with Gasteiger partial charge in [0.25, 0.3) is 0 Å². The fourth-order valence-corrected chi connectivity index (χ4v) is 1.89. The molecule has 0 aliphatic heterocycles. The summed E-state index contributed by atoms with van der Waals surface area (Å²) in [7, 11) is 0. The van der Waals surface area contributed by atoms with E-state index in [9.17, 15) is 19.2 Å². The Labute approximate surface area is 107 Å². The van der Waals surface area contributed by atoms with Gasteiger partial charge in [-0.1, -0.05) is 0 Å². The number of aromatic nitrogens is 1. The molecule has 0 aliphatic carbocycles. The maximum atomic E-state index is 13.7. The number of nitrogens with zero attached hydrogens (tertiary/aromatic N) is 1. The third-order valence-corrected chi connectivity index (χ3v) is 2.67. The van der Waals surface area contributed by atoms with Gasteiger partial charge in [-0.25, -0.2) is 9.18 Å². The van der Waals surface area contributed by atoms with Crippen molar-refractivity contribution in [1.82, 2.24) is 4.73 Å². The van der Waals surface area contributed by atoms with Gasteiger partial charge in [0.1, 0.15) is 11.1 Å². The molecule has 1 N–H and O–H groups in total. The van der Waals surface area contributed by atoms with E-state index >= 15 is 0 Å². The highest BCUT2D eigenvalue weighted by Gasteiger charge is 2.18. The first-order valence-corrected chi connectivity index (χ1v) is 5.67. The van der Waals surface area contributed by atoms with Crippen molar-refractivity contribution >= 4 is 16.9 Å². The molecule has 0 aliphatic rings. The lowest BCUT2D eigenvalue weighted by molar-refractivity contribution is 0.0520. The number of hydrogen-bond acceptors (Lipinski definition) is 4. The monoisotopic (exact) mass is 265 g/mol. The predicted octanol–water partition coefficient (Wildman–Crippen LogP) is 1.86. The Morgan fingerprint density at radius 3 is 2.79 bits per heavy atom. The minimum absolute atomic E-state index is 0.0643. The van der Waals surface area contributed by atoms with Crippen LogP contribution >= 0.6 is 0 Å². The summed E-state index contributed by atoms with van der Waals surface area (Å²) >= 11 is 0. The Hall–Kier alpha value is -2.37. The molecule has 6 heteroatoms. The number of pyridine rings is 1. The van der Waals surface area contributed by atoms with Crippen molar-refractivity contribution in [1.29, 1.82) is 0 Å². The summed E-state index contributed by atoms with van der Waals surface area (Å²) < 4.78 is 18.9. The highest BCUT2D eigenvalue weighted by Crippen LogP contribution is 2.17. The standard InChI is InChI=1S/C13H12FNO4/c1-3-19-13(17)9-6-15(18)11-8(12(9)16)4-7(2)5-10(11)14/h4-6,18H,3H2,1-2H3. The van der Waals surface area contributed by atoms with Gasteiger partial charge in [0.05, 0.1) is 18.2 Å². The van der Waals surface area contributed by atoms with Crippen molar-refractivity contribution in [3.8, 4) is 0 Å². The van der Waals surface area contributed by atoms with E-state index in [-0.39, 0.29) is 23.1 Å². The Bertz CT molecular complexity index is 721. The molecule has 0 spiro atoms. The number of fused-ring (bicyclic) bond motifs is 1. The van der Waals surface area contributed by atoms with Crippen LogP contribution in [0.5, 0.6) is 0 Å². The summed E-state index contributed by atoms with van der Waals surface area (Å²) in [5.74, 6) is -1.58. The number of benzene rings is 1. The van der Waals surface area contributed by atoms with E-state index in [0.29, 0.717) is 10.3 Å². The maximum Gasteiger partial charge on any atom is 0.343 e. The number of halogens is 1. The smallest absolute Gasteiger partial charge is 0.343 e. The van der Waals surface area contributed by atoms with Gasteiger partial charge in [0.2, 0.25) is 5.43 Å². The van der Waals surface area contributed by atoms with Crippen LogP contribution in [0.4, 0.5) is 4.39 Å². The van der Waals surface area contributed by atoms with E-state index in [4.69, 9.17) is 4.74 Å². The Morgan fingerprint density at radius 2 is 2.16 bits per heavy atom. The van der Waals surface area contributed by atoms with E-state index in [1.165, 1.54) is 12.1 Å². The molecular formula is C13H12FNO4. The van der Waals surface area contributed by atoms with Crippen LogP contribution in [0.2, 0.25) is 0 Å². The molecule has 2 aromatic rings. The zero-order chi connectivity index (χ0) is 14.2. The molecule has 19 heavy (non-hydrogen) atoms. The highest BCUT2D eigenvalue weighted by atomic mass is 19.1. The van der Waals surface area contributed by atoms with Crippen LogP contribution in [-0.2, 0) is 4.74 Å². The normalized spacial score (nSPS) is 10.7. The van der Waals surface area contributed by atoms with Crippen LogP contribution in [0, 0.1) is 12.7 Å². The van der Waals surface area contributed by atoms with Crippen LogP contribution in [0.1, 0.15) is 22.8 Å². The van der Waals surface area contributed by atoms with Gasteiger partial charge < -0.3 is 9.94 Å². The van der Waals surface area contributed by atoms with Crippen LogP contribution < -0.4 is 5.43 Å².